The predicted molar refractivity (Wildman–Crippen MR) is 54.7 cm³/mol. The van der Waals surface area contributed by atoms with Gasteiger partial charge in [-0.15, -0.1) is 0 Å². The van der Waals surface area contributed by atoms with Crippen molar-refractivity contribution in [3.63, 3.8) is 0 Å². The summed E-state index contributed by atoms with van der Waals surface area (Å²) in [5.41, 5.74) is -0.350. The molecule has 6 heteroatoms. The molecule has 17 heavy (non-hydrogen) atoms. The Morgan fingerprint density at radius 2 is 2.00 bits per heavy atom. The van der Waals surface area contributed by atoms with Crippen LogP contribution in [0.2, 0.25) is 0 Å². The van der Waals surface area contributed by atoms with Gasteiger partial charge in [0.15, 0.2) is 5.78 Å². The normalized spacial score (nSPS) is 10.4. The number of carbonyl (C=O) groups is 2. The molecule has 92 valence electrons. The second-order valence-electron chi connectivity index (χ2n) is 3.17. The Morgan fingerprint density at radius 3 is 2.47 bits per heavy atom. The van der Waals surface area contributed by atoms with Crippen molar-refractivity contribution >= 4 is 11.8 Å². The fraction of sp³-hybridized carbons (Fsp3) is 0.273. The number of alkyl halides is 2. The van der Waals surface area contributed by atoms with Crippen molar-refractivity contribution in [3.8, 4) is 5.75 Å². The van der Waals surface area contributed by atoms with E-state index in [4.69, 9.17) is 5.11 Å². The Bertz CT molecular complexity index is 443. The zero-order valence-corrected chi connectivity index (χ0v) is 8.94. The molecule has 0 amide bonds. The van der Waals surface area contributed by atoms with E-state index in [1.807, 2.05) is 0 Å². The van der Waals surface area contributed by atoms with Gasteiger partial charge in [0, 0.05) is 12.0 Å². The summed E-state index contributed by atoms with van der Waals surface area (Å²) in [6.45, 7) is -1.47. The van der Waals surface area contributed by atoms with Crippen molar-refractivity contribution < 1.29 is 28.2 Å². The number of aromatic carboxylic acids is 1. The molecule has 0 spiro atoms. The predicted octanol–water partition coefficient (Wildman–Crippen LogP) is 2.58. The van der Waals surface area contributed by atoms with Gasteiger partial charge in [-0.25, -0.2) is 4.79 Å². The standard InChI is InChI=1S/C11H10F2O4/c1-2-9(14)8-5-6(17-11(12)13)3-4-7(8)10(15)16/h3-5,11H,2H2,1H3,(H,15,16). The number of hydrogen-bond acceptors (Lipinski definition) is 3. The van der Waals surface area contributed by atoms with Crippen LogP contribution in [0.4, 0.5) is 8.78 Å². The molecule has 1 aromatic carbocycles. The lowest BCUT2D eigenvalue weighted by Gasteiger charge is -2.08. The van der Waals surface area contributed by atoms with E-state index < -0.39 is 18.4 Å². The van der Waals surface area contributed by atoms with Gasteiger partial charge < -0.3 is 9.84 Å². The Hall–Kier alpha value is -1.98. The number of ether oxygens (including phenoxy) is 1. The summed E-state index contributed by atoms with van der Waals surface area (Å²) in [5.74, 6) is -1.96. The molecule has 1 aromatic rings. The molecule has 0 radical (unpaired) electrons. The SMILES string of the molecule is CCC(=O)c1cc(OC(F)F)ccc1C(=O)O. The highest BCUT2D eigenvalue weighted by Gasteiger charge is 2.17. The number of carbonyl (C=O) groups excluding carboxylic acids is 1. The van der Waals surface area contributed by atoms with E-state index in [1.54, 1.807) is 6.92 Å². The fourth-order valence-corrected chi connectivity index (χ4v) is 1.31. The maximum Gasteiger partial charge on any atom is 0.387 e. The second-order valence-corrected chi connectivity index (χ2v) is 3.17. The highest BCUT2D eigenvalue weighted by molar-refractivity contribution is 6.06. The molecule has 0 aliphatic rings. The molecule has 0 bridgehead atoms. The van der Waals surface area contributed by atoms with Crippen molar-refractivity contribution in [1.82, 2.24) is 0 Å². The van der Waals surface area contributed by atoms with Crippen molar-refractivity contribution in [2.45, 2.75) is 20.0 Å². The molecule has 0 saturated heterocycles. The molecular weight excluding hydrogens is 234 g/mol. The molecule has 4 nitrogen and oxygen atoms in total. The first-order valence-corrected chi connectivity index (χ1v) is 4.81. The summed E-state index contributed by atoms with van der Waals surface area (Å²) in [6, 6.07) is 3.17. The van der Waals surface area contributed by atoms with Crippen LogP contribution < -0.4 is 4.74 Å². The molecule has 1 N–H and O–H groups in total. The minimum Gasteiger partial charge on any atom is -0.478 e. The zero-order valence-electron chi connectivity index (χ0n) is 8.94. The lowest BCUT2D eigenvalue weighted by Crippen LogP contribution is -2.09. The molecule has 0 saturated carbocycles. The molecule has 0 fully saturated rings. The number of Topliss-reactive ketones (excluding diaryl/α,β-unsaturated/α-hetero) is 1. The number of benzene rings is 1. The molecule has 0 heterocycles. The molecule has 0 unspecified atom stereocenters. The van der Waals surface area contributed by atoms with Gasteiger partial charge in [0.05, 0.1) is 5.56 Å². The molecule has 0 aliphatic heterocycles. The van der Waals surface area contributed by atoms with Gasteiger partial charge in [0.25, 0.3) is 0 Å². The van der Waals surface area contributed by atoms with Gasteiger partial charge in [-0.05, 0) is 18.2 Å². The average Bonchev–Trinajstić information content (AvgIpc) is 2.26. The Kier molecular flexibility index (Phi) is 4.14. The smallest absolute Gasteiger partial charge is 0.387 e. The van der Waals surface area contributed by atoms with Crippen LogP contribution in [0, 0.1) is 0 Å². The van der Waals surface area contributed by atoms with Gasteiger partial charge in [0.1, 0.15) is 5.75 Å². The summed E-state index contributed by atoms with van der Waals surface area (Å²) in [4.78, 5) is 22.3. The topological polar surface area (TPSA) is 63.6 Å². The third kappa shape index (κ3) is 3.24. The summed E-state index contributed by atoms with van der Waals surface area (Å²) in [7, 11) is 0. The number of rotatable bonds is 5. The zero-order chi connectivity index (χ0) is 13.0. The van der Waals surface area contributed by atoms with Crippen LogP contribution in [-0.2, 0) is 0 Å². The van der Waals surface area contributed by atoms with E-state index in [2.05, 4.69) is 4.74 Å². The average molecular weight is 244 g/mol. The van der Waals surface area contributed by atoms with Crippen LogP contribution in [0.25, 0.3) is 0 Å². The summed E-state index contributed by atoms with van der Waals surface area (Å²) >= 11 is 0. The van der Waals surface area contributed by atoms with E-state index in [1.165, 1.54) is 0 Å². The van der Waals surface area contributed by atoms with E-state index in [9.17, 15) is 18.4 Å². The van der Waals surface area contributed by atoms with Crippen molar-refractivity contribution in [2.75, 3.05) is 0 Å². The first-order chi connectivity index (χ1) is 7.95. The fourth-order valence-electron chi connectivity index (χ4n) is 1.31. The number of ketones is 1. The first kappa shape index (κ1) is 13.1. The van der Waals surface area contributed by atoms with Crippen LogP contribution in [0.15, 0.2) is 18.2 Å². The van der Waals surface area contributed by atoms with Gasteiger partial charge in [-0.1, -0.05) is 6.92 Å². The number of carboxylic acids is 1. The van der Waals surface area contributed by atoms with Gasteiger partial charge in [-0.3, -0.25) is 4.79 Å². The Morgan fingerprint density at radius 1 is 1.35 bits per heavy atom. The van der Waals surface area contributed by atoms with E-state index in [-0.39, 0.29) is 23.3 Å². The van der Waals surface area contributed by atoms with Crippen LogP contribution in [-0.4, -0.2) is 23.5 Å². The van der Waals surface area contributed by atoms with Gasteiger partial charge in [0.2, 0.25) is 0 Å². The molecule has 0 atom stereocenters. The van der Waals surface area contributed by atoms with Gasteiger partial charge in [-0.2, -0.15) is 8.78 Å². The van der Waals surface area contributed by atoms with E-state index in [0.29, 0.717) is 0 Å². The summed E-state index contributed by atoms with van der Waals surface area (Å²) in [5, 5.41) is 8.84. The lowest BCUT2D eigenvalue weighted by atomic mass is 10.0. The minimum atomic E-state index is -3.02. The van der Waals surface area contributed by atoms with Crippen LogP contribution in [0.1, 0.15) is 34.1 Å². The molecule has 0 aliphatic carbocycles. The highest BCUT2D eigenvalue weighted by atomic mass is 19.3. The number of carboxylic acid groups (broad SMARTS) is 1. The monoisotopic (exact) mass is 244 g/mol. The quantitative estimate of drug-likeness (QED) is 0.808. The largest absolute Gasteiger partial charge is 0.478 e. The van der Waals surface area contributed by atoms with Crippen molar-refractivity contribution in [3.05, 3.63) is 29.3 Å². The highest BCUT2D eigenvalue weighted by Crippen LogP contribution is 2.21. The van der Waals surface area contributed by atoms with Gasteiger partial charge >= 0.3 is 12.6 Å². The van der Waals surface area contributed by atoms with Crippen LogP contribution in [0.3, 0.4) is 0 Å². The van der Waals surface area contributed by atoms with Crippen molar-refractivity contribution in [1.29, 1.82) is 0 Å². The number of hydrogen-bond donors (Lipinski definition) is 1. The van der Waals surface area contributed by atoms with E-state index in [0.717, 1.165) is 18.2 Å². The third-order valence-electron chi connectivity index (χ3n) is 2.07. The summed E-state index contributed by atoms with van der Waals surface area (Å²) in [6.07, 6.45) is 0.0818. The van der Waals surface area contributed by atoms with Crippen LogP contribution >= 0.6 is 0 Å². The maximum absolute atomic E-state index is 12.0. The first-order valence-electron chi connectivity index (χ1n) is 4.81. The van der Waals surface area contributed by atoms with Crippen molar-refractivity contribution in [2.24, 2.45) is 0 Å². The minimum absolute atomic E-state index is 0.0818. The van der Waals surface area contributed by atoms with E-state index >= 15 is 0 Å². The Labute approximate surface area is 95.8 Å². The molecule has 1 rings (SSSR count). The molecular formula is C11H10F2O4. The summed E-state index contributed by atoms with van der Waals surface area (Å²) < 4.78 is 28.0. The molecule has 0 aromatic heterocycles. The van der Waals surface area contributed by atoms with Crippen LogP contribution in [0.5, 0.6) is 5.75 Å². The number of halogens is 2. The maximum atomic E-state index is 12.0. The second kappa shape index (κ2) is 5.38. The lowest BCUT2D eigenvalue weighted by molar-refractivity contribution is -0.0498. The Balaban J connectivity index is 3.19. The third-order valence-corrected chi connectivity index (χ3v) is 2.07.